The molecule has 0 spiro atoms. The molecule has 0 saturated carbocycles. The van der Waals surface area contributed by atoms with E-state index in [1.54, 1.807) is 0 Å². The van der Waals surface area contributed by atoms with Crippen molar-refractivity contribution in [2.45, 2.75) is 25.3 Å². The third-order valence-electron chi connectivity index (χ3n) is 2.08. The summed E-state index contributed by atoms with van der Waals surface area (Å²) >= 11 is 0. The van der Waals surface area contributed by atoms with Gasteiger partial charge in [0.2, 0.25) is 0 Å². The predicted molar refractivity (Wildman–Crippen MR) is 37.9 cm³/mol. The Morgan fingerprint density at radius 3 is 2.90 bits per heavy atom. The van der Waals surface area contributed by atoms with Crippen molar-refractivity contribution in [3.63, 3.8) is 0 Å². The molecule has 1 heterocycles. The van der Waals surface area contributed by atoms with Gasteiger partial charge < -0.3 is 10.0 Å². The number of carbonyl (C=O) groups is 1. The molecule has 0 aromatic heterocycles. The molecule has 1 aliphatic heterocycles. The normalized spacial score (nSPS) is 27.1. The summed E-state index contributed by atoms with van der Waals surface area (Å²) in [5.41, 5.74) is 0. The van der Waals surface area contributed by atoms with E-state index in [0.29, 0.717) is 6.42 Å². The first-order valence-electron chi connectivity index (χ1n) is 3.62. The highest BCUT2D eigenvalue weighted by molar-refractivity contribution is 5.67. The molecule has 0 bridgehead atoms. The standard InChI is InChI=1S/C7H13NO2/c1-8-4-2-3-6(8)5-7(9)10/h6H,2-5H2,1H3,(H,9,10)/t6-/m0/s1. The van der Waals surface area contributed by atoms with E-state index in [1.807, 2.05) is 7.05 Å². The first-order chi connectivity index (χ1) is 4.70. The van der Waals surface area contributed by atoms with E-state index in [2.05, 4.69) is 4.90 Å². The van der Waals surface area contributed by atoms with Crippen molar-refractivity contribution in [2.24, 2.45) is 0 Å². The van der Waals surface area contributed by atoms with E-state index in [0.717, 1.165) is 19.4 Å². The van der Waals surface area contributed by atoms with Crippen LogP contribution in [-0.4, -0.2) is 35.6 Å². The Labute approximate surface area is 60.6 Å². The Balaban J connectivity index is 2.33. The minimum absolute atomic E-state index is 0.289. The second kappa shape index (κ2) is 3.01. The van der Waals surface area contributed by atoms with Crippen LogP contribution in [0.15, 0.2) is 0 Å². The fourth-order valence-electron chi connectivity index (χ4n) is 1.44. The van der Waals surface area contributed by atoms with Crippen molar-refractivity contribution >= 4 is 5.97 Å². The Morgan fingerprint density at radius 1 is 1.80 bits per heavy atom. The van der Waals surface area contributed by atoms with Gasteiger partial charge in [-0.3, -0.25) is 4.79 Å². The van der Waals surface area contributed by atoms with Crippen LogP contribution in [0.2, 0.25) is 0 Å². The number of hydrogen-bond donors (Lipinski definition) is 1. The molecule has 0 aromatic rings. The summed E-state index contributed by atoms with van der Waals surface area (Å²) in [6, 6.07) is 0.289. The van der Waals surface area contributed by atoms with E-state index in [9.17, 15) is 4.79 Å². The lowest BCUT2D eigenvalue weighted by Gasteiger charge is -2.16. The molecule has 58 valence electrons. The van der Waals surface area contributed by atoms with Crippen molar-refractivity contribution in [3.8, 4) is 0 Å². The van der Waals surface area contributed by atoms with Crippen LogP contribution in [0.5, 0.6) is 0 Å². The third-order valence-corrected chi connectivity index (χ3v) is 2.08. The molecule has 3 heteroatoms. The predicted octanol–water partition coefficient (Wildman–Crippen LogP) is 0.555. The molecule has 10 heavy (non-hydrogen) atoms. The molecule has 1 saturated heterocycles. The van der Waals surface area contributed by atoms with E-state index in [1.165, 1.54) is 0 Å². The molecule has 0 aromatic carbocycles. The minimum Gasteiger partial charge on any atom is -0.481 e. The lowest BCUT2D eigenvalue weighted by molar-refractivity contribution is -0.138. The highest BCUT2D eigenvalue weighted by atomic mass is 16.4. The van der Waals surface area contributed by atoms with E-state index >= 15 is 0 Å². The third kappa shape index (κ3) is 1.70. The topological polar surface area (TPSA) is 40.5 Å². The van der Waals surface area contributed by atoms with Crippen LogP contribution >= 0.6 is 0 Å². The molecule has 3 nitrogen and oxygen atoms in total. The summed E-state index contributed by atoms with van der Waals surface area (Å²) in [7, 11) is 1.99. The maximum absolute atomic E-state index is 10.3. The second-order valence-electron chi connectivity index (χ2n) is 2.87. The highest BCUT2D eigenvalue weighted by Gasteiger charge is 2.22. The molecular formula is C7H13NO2. The molecule has 0 amide bonds. The zero-order chi connectivity index (χ0) is 7.56. The van der Waals surface area contributed by atoms with Gasteiger partial charge >= 0.3 is 5.97 Å². The highest BCUT2D eigenvalue weighted by Crippen LogP contribution is 2.17. The van der Waals surface area contributed by atoms with Gasteiger partial charge in [-0.25, -0.2) is 0 Å². The fourth-order valence-corrected chi connectivity index (χ4v) is 1.44. The van der Waals surface area contributed by atoms with E-state index in [4.69, 9.17) is 5.11 Å². The molecule has 1 rings (SSSR count). The molecule has 0 aliphatic carbocycles. The van der Waals surface area contributed by atoms with Gasteiger partial charge in [-0.15, -0.1) is 0 Å². The summed E-state index contributed by atoms with van der Waals surface area (Å²) < 4.78 is 0. The van der Waals surface area contributed by atoms with Crippen LogP contribution < -0.4 is 0 Å². The molecule has 0 radical (unpaired) electrons. The monoisotopic (exact) mass is 143 g/mol. The van der Waals surface area contributed by atoms with Gasteiger partial charge in [-0.05, 0) is 26.4 Å². The van der Waals surface area contributed by atoms with E-state index < -0.39 is 5.97 Å². The second-order valence-corrected chi connectivity index (χ2v) is 2.87. The van der Waals surface area contributed by atoms with Gasteiger partial charge in [0.05, 0.1) is 6.42 Å². The van der Waals surface area contributed by atoms with Gasteiger partial charge in [-0.1, -0.05) is 0 Å². The molecule has 0 unspecified atom stereocenters. The number of carboxylic acids is 1. The van der Waals surface area contributed by atoms with Crippen molar-refractivity contribution in [1.82, 2.24) is 4.90 Å². The average Bonchev–Trinajstić information content (AvgIpc) is 2.15. The lowest BCUT2D eigenvalue weighted by atomic mass is 10.1. The number of likely N-dealkylation sites (tertiary alicyclic amines) is 1. The van der Waals surface area contributed by atoms with Crippen LogP contribution in [0.4, 0.5) is 0 Å². The number of aliphatic carboxylic acids is 1. The largest absolute Gasteiger partial charge is 0.481 e. The van der Waals surface area contributed by atoms with Gasteiger partial charge in [0.25, 0.3) is 0 Å². The first-order valence-corrected chi connectivity index (χ1v) is 3.62. The Bertz CT molecular complexity index is 136. The number of hydrogen-bond acceptors (Lipinski definition) is 2. The molecule has 1 N–H and O–H groups in total. The molecule has 1 atom stereocenters. The number of carboxylic acid groups (broad SMARTS) is 1. The number of nitrogens with zero attached hydrogens (tertiary/aromatic N) is 1. The Morgan fingerprint density at radius 2 is 2.50 bits per heavy atom. The van der Waals surface area contributed by atoms with Crippen LogP contribution in [-0.2, 0) is 4.79 Å². The quantitative estimate of drug-likeness (QED) is 0.614. The Kier molecular flexibility index (Phi) is 2.27. The summed E-state index contributed by atoms with van der Waals surface area (Å²) in [6.45, 7) is 1.05. The van der Waals surface area contributed by atoms with Crippen molar-refractivity contribution in [2.75, 3.05) is 13.6 Å². The van der Waals surface area contributed by atoms with Crippen LogP contribution in [0.1, 0.15) is 19.3 Å². The SMILES string of the molecule is CN1CCC[C@H]1CC(=O)O. The summed E-state index contributed by atoms with van der Waals surface area (Å²) in [4.78, 5) is 12.4. The molecule has 1 aliphatic rings. The zero-order valence-electron chi connectivity index (χ0n) is 6.21. The van der Waals surface area contributed by atoms with E-state index in [-0.39, 0.29) is 6.04 Å². The minimum atomic E-state index is -0.682. The van der Waals surface area contributed by atoms with Gasteiger partial charge in [0.15, 0.2) is 0 Å². The van der Waals surface area contributed by atoms with Gasteiger partial charge in [-0.2, -0.15) is 0 Å². The lowest BCUT2D eigenvalue weighted by Crippen LogP contribution is -2.27. The number of rotatable bonds is 2. The molecular weight excluding hydrogens is 130 g/mol. The first kappa shape index (κ1) is 7.54. The fraction of sp³-hybridized carbons (Fsp3) is 0.857. The van der Waals surface area contributed by atoms with Gasteiger partial charge in [0.1, 0.15) is 0 Å². The average molecular weight is 143 g/mol. The van der Waals surface area contributed by atoms with Crippen molar-refractivity contribution < 1.29 is 9.90 Å². The summed E-state index contributed by atoms with van der Waals surface area (Å²) in [5, 5.41) is 8.46. The van der Waals surface area contributed by atoms with Crippen LogP contribution in [0.3, 0.4) is 0 Å². The van der Waals surface area contributed by atoms with Crippen LogP contribution in [0.25, 0.3) is 0 Å². The van der Waals surface area contributed by atoms with Crippen molar-refractivity contribution in [3.05, 3.63) is 0 Å². The Hall–Kier alpha value is -0.570. The van der Waals surface area contributed by atoms with Gasteiger partial charge in [0, 0.05) is 6.04 Å². The summed E-state index contributed by atoms with van der Waals surface area (Å²) in [5.74, 6) is -0.682. The smallest absolute Gasteiger partial charge is 0.304 e. The maximum Gasteiger partial charge on any atom is 0.304 e. The summed E-state index contributed by atoms with van der Waals surface area (Å²) in [6.07, 6.45) is 2.49. The maximum atomic E-state index is 10.3. The zero-order valence-corrected chi connectivity index (χ0v) is 6.21. The van der Waals surface area contributed by atoms with Crippen molar-refractivity contribution in [1.29, 1.82) is 0 Å². The molecule has 1 fully saturated rings. The van der Waals surface area contributed by atoms with Crippen LogP contribution in [0, 0.1) is 0 Å².